The van der Waals surface area contributed by atoms with Gasteiger partial charge in [-0.15, -0.1) is 0 Å². The molecule has 2 aromatic heterocycles. The number of nitrogens with one attached hydrogen (secondary N) is 2. The number of rotatable bonds is 6. The maximum atomic E-state index is 13.8. The predicted molar refractivity (Wildman–Crippen MR) is 114 cm³/mol. The predicted octanol–water partition coefficient (Wildman–Crippen LogP) is 0.898. The van der Waals surface area contributed by atoms with Crippen molar-refractivity contribution < 1.29 is 17.9 Å². The topological polar surface area (TPSA) is 137 Å². The maximum absolute atomic E-state index is 13.8. The molecule has 11 nitrogen and oxygen atoms in total. The first kappa shape index (κ1) is 21.0. The Balaban J connectivity index is 1.56. The SMILES string of the molecule is COC[C@H]1CN(Cc2cn[nH]n2)C(=O)C2CCC[C@@H]1N2S(=O)(=O)c1nc2ccccc2[nH]1. The number of benzene rings is 1. The lowest BCUT2D eigenvalue weighted by molar-refractivity contribution is -0.135. The molecule has 4 heterocycles. The highest BCUT2D eigenvalue weighted by molar-refractivity contribution is 7.89. The van der Waals surface area contributed by atoms with Crippen LogP contribution in [-0.2, 0) is 26.1 Å². The minimum Gasteiger partial charge on any atom is -0.384 e. The molecule has 170 valence electrons. The normalized spacial score (nSPS) is 24.7. The monoisotopic (exact) mass is 459 g/mol. The zero-order chi connectivity index (χ0) is 22.3. The number of fused-ring (bicyclic) bond motifs is 3. The summed E-state index contributed by atoms with van der Waals surface area (Å²) in [5.41, 5.74) is 1.83. The molecule has 2 bridgehead atoms. The first-order valence-corrected chi connectivity index (χ1v) is 12.0. The molecule has 12 heteroatoms. The van der Waals surface area contributed by atoms with Crippen LogP contribution in [0.4, 0.5) is 0 Å². The first-order chi connectivity index (χ1) is 15.5. The summed E-state index contributed by atoms with van der Waals surface area (Å²) in [4.78, 5) is 22.5. The van der Waals surface area contributed by atoms with E-state index in [1.54, 1.807) is 36.4 Å². The summed E-state index contributed by atoms with van der Waals surface area (Å²) in [5, 5.41) is 10.3. The van der Waals surface area contributed by atoms with Gasteiger partial charge in [-0.1, -0.05) is 12.1 Å². The van der Waals surface area contributed by atoms with Crippen LogP contribution in [0.5, 0.6) is 0 Å². The van der Waals surface area contributed by atoms with E-state index in [0.717, 1.165) is 6.42 Å². The number of hydrogen-bond donors (Lipinski definition) is 2. The number of H-pyrrole nitrogens is 2. The number of para-hydroxylation sites is 2. The van der Waals surface area contributed by atoms with Crippen LogP contribution in [-0.4, -0.2) is 81.3 Å². The van der Waals surface area contributed by atoms with E-state index in [2.05, 4.69) is 25.4 Å². The van der Waals surface area contributed by atoms with Crippen LogP contribution in [0.15, 0.2) is 35.6 Å². The number of hydrogen-bond acceptors (Lipinski definition) is 7. The summed E-state index contributed by atoms with van der Waals surface area (Å²) >= 11 is 0. The van der Waals surface area contributed by atoms with E-state index in [-0.39, 0.29) is 29.6 Å². The van der Waals surface area contributed by atoms with Gasteiger partial charge < -0.3 is 14.6 Å². The largest absolute Gasteiger partial charge is 0.384 e. The minimum absolute atomic E-state index is 0.135. The summed E-state index contributed by atoms with van der Waals surface area (Å²) in [6, 6.07) is 6.01. The molecule has 2 saturated heterocycles. The molecular formula is C20H25N7O4S. The Hall–Kier alpha value is -2.83. The van der Waals surface area contributed by atoms with Gasteiger partial charge >= 0.3 is 0 Å². The molecule has 32 heavy (non-hydrogen) atoms. The van der Waals surface area contributed by atoms with Gasteiger partial charge in [0.2, 0.25) is 11.1 Å². The molecule has 3 aromatic rings. The molecule has 0 aliphatic carbocycles. The van der Waals surface area contributed by atoms with Crippen molar-refractivity contribution in [3.63, 3.8) is 0 Å². The fraction of sp³-hybridized carbons (Fsp3) is 0.500. The molecule has 1 unspecified atom stereocenters. The average Bonchev–Trinajstić information content (AvgIpc) is 3.45. The Kier molecular flexibility index (Phi) is 5.43. The van der Waals surface area contributed by atoms with Gasteiger partial charge in [0.25, 0.3) is 10.0 Å². The van der Waals surface area contributed by atoms with Gasteiger partial charge in [-0.05, 0) is 31.4 Å². The van der Waals surface area contributed by atoms with Crippen LogP contribution < -0.4 is 0 Å². The van der Waals surface area contributed by atoms with Gasteiger partial charge in [-0.25, -0.2) is 13.4 Å². The number of ether oxygens (including phenoxy) is 1. The fourth-order valence-corrected chi connectivity index (χ4v) is 6.72. The van der Waals surface area contributed by atoms with Gasteiger partial charge in [0.15, 0.2) is 0 Å². The highest BCUT2D eigenvalue weighted by Crippen LogP contribution is 2.37. The second kappa shape index (κ2) is 8.26. The Labute approximate surface area is 185 Å². The molecule has 0 radical (unpaired) electrons. The standard InChI is InChI=1S/C20H25N7O4S/c1-31-12-13-10-26(11-14-9-21-25-24-14)19(28)18-8-4-7-17(13)27(18)32(29,30)20-22-15-5-2-3-6-16(15)23-20/h2-3,5-6,9,13,17-18H,4,7-8,10-12H2,1H3,(H,22,23)(H,21,24,25)/t13-,17+,18?/m1/s1. The van der Waals surface area contributed by atoms with E-state index in [9.17, 15) is 13.2 Å². The lowest BCUT2D eigenvalue weighted by Gasteiger charge is -2.39. The minimum atomic E-state index is -4.05. The fourth-order valence-electron chi connectivity index (χ4n) is 4.90. The highest BCUT2D eigenvalue weighted by atomic mass is 32.2. The van der Waals surface area contributed by atoms with Gasteiger partial charge in [-0.3, -0.25) is 4.79 Å². The van der Waals surface area contributed by atoms with Crippen molar-refractivity contribution in [2.45, 2.75) is 43.0 Å². The Morgan fingerprint density at radius 3 is 2.84 bits per heavy atom. The van der Waals surface area contributed by atoms with Crippen LogP contribution in [0.25, 0.3) is 11.0 Å². The molecule has 2 aliphatic rings. The van der Waals surface area contributed by atoms with E-state index in [0.29, 0.717) is 42.7 Å². The molecule has 3 atom stereocenters. The number of carbonyl (C=O) groups excluding carboxylic acids is 1. The molecule has 0 spiro atoms. The maximum Gasteiger partial charge on any atom is 0.277 e. The molecule has 0 saturated carbocycles. The smallest absolute Gasteiger partial charge is 0.277 e. The van der Waals surface area contributed by atoms with Crippen LogP contribution in [0.3, 0.4) is 0 Å². The second-order valence-corrected chi connectivity index (χ2v) is 10.1. The summed E-state index contributed by atoms with van der Waals surface area (Å²) in [7, 11) is -2.46. The van der Waals surface area contributed by atoms with Crippen molar-refractivity contribution in [1.29, 1.82) is 0 Å². The number of methoxy groups -OCH3 is 1. The van der Waals surface area contributed by atoms with Gasteiger partial charge in [0, 0.05) is 25.6 Å². The second-order valence-electron chi connectivity index (χ2n) is 8.30. The average molecular weight is 460 g/mol. The number of piperidine rings is 1. The van der Waals surface area contributed by atoms with E-state index in [1.807, 2.05) is 6.07 Å². The summed E-state index contributed by atoms with van der Waals surface area (Å²) in [6.45, 7) is 0.982. The van der Waals surface area contributed by atoms with E-state index < -0.39 is 16.1 Å². The number of carbonyl (C=O) groups is 1. The third-order valence-corrected chi connectivity index (χ3v) is 8.06. The highest BCUT2D eigenvalue weighted by Gasteiger charge is 2.50. The lowest BCUT2D eigenvalue weighted by atomic mass is 9.91. The van der Waals surface area contributed by atoms with E-state index >= 15 is 0 Å². The third kappa shape index (κ3) is 3.57. The van der Waals surface area contributed by atoms with Gasteiger partial charge in [0.1, 0.15) is 11.7 Å². The first-order valence-electron chi connectivity index (χ1n) is 10.6. The van der Waals surface area contributed by atoms with Crippen molar-refractivity contribution in [3.8, 4) is 0 Å². The Morgan fingerprint density at radius 2 is 2.09 bits per heavy atom. The van der Waals surface area contributed by atoms with Crippen LogP contribution in [0.1, 0.15) is 25.0 Å². The third-order valence-electron chi connectivity index (χ3n) is 6.30. The van der Waals surface area contributed by atoms with Gasteiger partial charge in [-0.2, -0.15) is 19.7 Å². The van der Waals surface area contributed by atoms with Crippen molar-refractivity contribution in [1.82, 2.24) is 34.6 Å². The summed E-state index contributed by atoms with van der Waals surface area (Å²) < 4.78 is 34.5. The van der Waals surface area contributed by atoms with Crippen LogP contribution in [0, 0.1) is 5.92 Å². The van der Waals surface area contributed by atoms with E-state index in [4.69, 9.17) is 4.74 Å². The molecule has 1 amide bonds. The molecule has 2 N–H and O–H groups in total. The van der Waals surface area contributed by atoms with Crippen molar-refractivity contribution in [3.05, 3.63) is 36.2 Å². The van der Waals surface area contributed by atoms with E-state index in [1.165, 1.54) is 4.31 Å². The quantitative estimate of drug-likeness (QED) is 0.559. The molecule has 2 aliphatic heterocycles. The molecule has 1 aromatic carbocycles. The molecular weight excluding hydrogens is 434 g/mol. The molecule has 5 rings (SSSR count). The number of aromatic amines is 2. The number of imidazole rings is 1. The Morgan fingerprint density at radius 1 is 1.25 bits per heavy atom. The number of amides is 1. The number of nitrogens with zero attached hydrogens (tertiary/aromatic N) is 5. The van der Waals surface area contributed by atoms with Gasteiger partial charge in [0.05, 0.1) is 30.4 Å². The Bertz CT molecular complexity index is 1180. The zero-order valence-corrected chi connectivity index (χ0v) is 18.5. The van der Waals surface area contributed by atoms with Crippen molar-refractivity contribution >= 4 is 27.0 Å². The zero-order valence-electron chi connectivity index (χ0n) is 17.6. The van der Waals surface area contributed by atoms with Crippen molar-refractivity contribution in [2.24, 2.45) is 5.92 Å². The van der Waals surface area contributed by atoms with Crippen LogP contribution in [0.2, 0.25) is 0 Å². The number of sulfonamides is 1. The summed E-state index contributed by atoms with van der Waals surface area (Å²) in [5.74, 6) is -0.406. The van der Waals surface area contributed by atoms with Crippen molar-refractivity contribution in [2.75, 3.05) is 20.3 Å². The number of aromatic nitrogens is 5. The van der Waals surface area contributed by atoms with Crippen LogP contribution >= 0.6 is 0 Å². The molecule has 2 fully saturated rings. The summed E-state index contributed by atoms with van der Waals surface area (Å²) in [6.07, 6.45) is 3.46. The lowest BCUT2D eigenvalue weighted by Crippen LogP contribution is -2.55.